The highest BCUT2D eigenvalue weighted by Gasteiger charge is 2.28. The molecule has 1 aliphatic heterocycles. The topological polar surface area (TPSA) is 79.9 Å². The number of aromatic nitrogens is 3. The first-order valence-corrected chi connectivity index (χ1v) is 7.11. The Kier molecular flexibility index (Phi) is 3.00. The van der Waals surface area contributed by atoms with E-state index < -0.39 is 6.10 Å². The second-order valence-corrected chi connectivity index (χ2v) is 5.19. The predicted molar refractivity (Wildman–Crippen MR) is 80.3 cm³/mol. The molecule has 1 aliphatic rings. The lowest BCUT2D eigenvalue weighted by atomic mass is 10.1. The van der Waals surface area contributed by atoms with Crippen LogP contribution >= 0.6 is 0 Å². The van der Waals surface area contributed by atoms with Gasteiger partial charge in [0.1, 0.15) is 11.6 Å². The van der Waals surface area contributed by atoms with E-state index in [9.17, 15) is 4.79 Å². The van der Waals surface area contributed by atoms with Crippen molar-refractivity contribution in [3.05, 3.63) is 54.0 Å². The standard InChI is InChI=1S/C16H14N4O2/c21-16(13-8-10-4-1-2-6-12(10)22-13)18-9-14-19-11-5-3-7-17-15(11)20-14/h1-7,13H,8-9H2,(H,18,21)(H,17,19,20)/t13-/m1/s1. The summed E-state index contributed by atoms with van der Waals surface area (Å²) >= 11 is 0. The number of pyridine rings is 1. The summed E-state index contributed by atoms with van der Waals surface area (Å²) in [7, 11) is 0. The number of rotatable bonds is 3. The molecule has 1 aromatic carbocycles. The second kappa shape index (κ2) is 5.14. The van der Waals surface area contributed by atoms with Gasteiger partial charge in [0, 0.05) is 12.6 Å². The second-order valence-electron chi connectivity index (χ2n) is 5.19. The van der Waals surface area contributed by atoms with Crippen molar-refractivity contribution in [2.75, 3.05) is 0 Å². The van der Waals surface area contributed by atoms with Gasteiger partial charge in [0.05, 0.1) is 12.1 Å². The first-order valence-electron chi connectivity index (χ1n) is 7.11. The van der Waals surface area contributed by atoms with Crippen LogP contribution in [0.3, 0.4) is 0 Å². The minimum absolute atomic E-state index is 0.135. The largest absolute Gasteiger partial charge is 0.480 e. The van der Waals surface area contributed by atoms with Gasteiger partial charge < -0.3 is 15.0 Å². The smallest absolute Gasteiger partial charge is 0.261 e. The number of H-pyrrole nitrogens is 1. The number of imidazole rings is 1. The van der Waals surface area contributed by atoms with E-state index in [1.807, 2.05) is 36.4 Å². The lowest BCUT2D eigenvalue weighted by Gasteiger charge is -2.10. The fourth-order valence-electron chi connectivity index (χ4n) is 2.59. The van der Waals surface area contributed by atoms with Crippen molar-refractivity contribution in [2.24, 2.45) is 0 Å². The molecule has 0 radical (unpaired) electrons. The Morgan fingerprint density at radius 2 is 2.23 bits per heavy atom. The van der Waals surface area contributed by atoms with E-state index in [-0.39, 0.29) is 5.91 Å². The SMILES string of the molecule is O=C(NCc1nc2ncccc2[nH]1)[C@H]1Cc2ccccc2O1. The van der Waals surface area contributed by atoms with Crippen molar-refractivity contribution in [1.29, 1.82) is 0 Å². The molecule has 3 aromatic rings. The summed E-state index contributed by atoms with van der Waals surface area (Å²) in [6, 6.07) is 11.5. The van der Waals surface area contributed by atoms with Gasteiger partial charge in [-0.3, -0.25) is 4.79 Å². The fourth-order valence-corrected chi connectivity index (χ4v) is 2.59. The summed E-state index contributed by atoms with van der Waals surface area (Å²) in [5.74, 6) is 1.33. The monoisotopic (exact) mass is 294 g/mol. The van der Waals surface area contributed by atoms with Gasteiger partial charge in [-0.1, -0.05) is 18.2 Å². The van der Waals surface area contributed by atoms with Gasteiger partial charge in [0.2, 0.25) is 0 Å². The first-order chi connectivity index (χ1) is 10.8. The number of fused-ring (bicyclic) bond motifs is 2. The lowest BCUT2D eigenvalue weighted by molar-refractivity contribution is -0.127. The van der Waals surface area contributed by atoms with Crippen LogP contribution in [0.5, 0.6) is 5.75 Å². The third-order valence-electron chi connectivity index (χ3n) is 3.68. The lowest BCUT2D eigenvalue weighted by Crippen LogP contribution is -2.37. The van der Waals surface area contributed by atoms with E-state index in [1.165, 1.54) is 0 Å². The molecule has 0 saturated heterocycles. The molecule has 0 spiro atoms. The molecule has 2 N–H and O–H groups in total. The number of hydrogen-bond acceptors (Lipinski definition) is 4. The Hall–Kier alpha value is -2.89. The molecule has 0 aliphatic carbocycles. The predicted octanol–water partition coefficient (Wildman–Crippen LogP) is 1.58. The molecule has 0 saturated carbocycles. The summed E-state index contributed by atoms with van der Waals surface area (Å²) in [4.78, 5) is 23.8. The van der Waals surface area contributed by atoms with E-state index >= 15 is 0 Å². The summed E-state index contributed by atoms with van der Waals surface area (Å²) in [5, 5.41) is 2.85. The van der Waals surface area contributed by atoms with E-state index in [0.717, 1.165) is 16.8 Å². The van der Waals surface area contributed by atoms with Crippen molar-refractivity contribution in [2.45, 2.75) is 19.1 Å². The summed E-state index contributed by atoms with van der Waals surface area (Å²) < 4.78 is 5.66. The average molecular weight is 294 g/mol. The Bertz CT molecular complexity index is 785. The molecule has 6 nitrogen and oxygen atoms in total. The highest BCUT2D eigenvalue weighted by molar-refractivity contribution is 5.82. The molecule has 3 heterocycles. The summed E-state index contributed by atoms with van der Waals surface area (Å²) in [5.41, 5.74) is 2.57. The average Bonchev–Trinajstić information content (AvgIpc) is 3.15. The van der Waals surface area contributed by atoms with Crippen LogP contribution < -0.4 is 10.1 Å². The highest BCUT2D eigenvalue weighted by Crippen LogP contribution is 2.28. The zero-order chi connectivity index (χ0) is 14.9. The number of hydrogen-bond donors (Lipinski definition) is 2. The fraction of sp³-hybridized carbons (Fsp3) is 0.188. The van der Waals surface area contributed by atoms with Crippen LogP contribution in [0.15, 0.2) is 42.6 Å². The number of aromatic amines is 1. The van der Waals surface area contributed by atoms with Gasteiger partial charge in [-0.05, 0) is 23.8 Å². The molecule has 0 fully saturated rings. The number of nitrogens with zero attached hydrogens (tertiary/aromatic N) is 2. The molecule has 1 amide bonds. The number of ether oxygens (including phenoxy) is 1. The van der Waals surface area contributed by atoms with Gasteiger partial charge >= 0.3 is 0 Å². The van der Waals surface area contributed by atoms with E-state index in [2.05, 4.69) is 20.3 Å². The third kappa shape index (κ3) is 2.28. The maximum atomic E-state index is 12.2. The molecule has 2 aromatic heterocycles. The van der Waals surface area contributed by atoms with Gasteiger partial charge in [0.25, 0.3) is 5.91 Å². The quantitative estimate of drug-likeness (QED) is 0.768. The number of para-hydroxylation sites is 1. The van der Waals surface area contributed by atoms with Crippen LogP contribution in [0.2, 0.25) is 0 Å². The highest BCUT2D eigenvalue weighted by atomic mass is 16.5. The van der Waals surface area contributed by atoms with E-state index in [1.54, 1.807) is 6.20 Å². The molecule has 0 bridgehead atoms. The number of carbonyl (C=O) groups is 1. The van der Waals surface area contributed by atoms with E-state index in [4.69, 9.17) is 4.74 Å². The first kappa shape index (κ1) is 12.8. The number of carbonyl (C=O) groups excluding carboxylic acids is 1. The van der Waals surface area contributed by atoms with Crippen molar-refractivity contribution in [3.63, 3.8) is 0 Å². The Morgan fingerprint density at radius 3 is 3.09 bits per heavy atom. The van der Waals surface area contributed by atoms with Crippen molar-refractivity contribution in [1.82, 2.24) is 20.3 Å². The Morgan fingerprint density at radius 1 is 1.32 bits per heavy atom. The van der Waals surface area contributed by atoms with Crippen LogP contribution in [-0.4, -0.2) is 27.0 Å². The van der Waals surface area contributed by atoms with Gasteiger partial charge in [-0.15, -0.1) is 0 Å². The van der Waals surface area contributed by atoms with Crippen LogP contribution in [0.1, 0.15) is 11.4 Å². The molecule has 4 rings (SSSR count). The number of benzene rings is 1. The molecule has 110 valence electrons. The van der Waals surface area contributed by atoms with Crippen molar-refractivity contribution >= 4 is 17.1 Å². The molecule has 0 unspecified atom stereocenters. The van der Waals surface area contributed by atoms with Crippen molar-refractivity contribution < 1.29 is 9.53 Å². The van der Waals surface area contributed by atoms with Crippen LogP contribution in [-0.2, 0) is 17.8 Å². The zero-order valence-electron chi connectivity index (χ0n) is 11.7. The van der Waals surface area contributed by atoms with Gasteiger partial charge in [-0.25, -0.2) is 9.97 Å². The van der Waals surface area contributed by atoms with Crippen molar-refractivity contribution in [3.8, 4) is 5.75 Å². The molecule has 6 heteroatoms. The molecule has 22 heavy (non-hydrogen) atoms. The summed E-state index contributed by atoms with van der Waals surface area (Å²) in [6.45, 7) is 0.325. The third-order valence-corrected chi connectivity index (χ3v) is 3.68. The van der Waals surface area contributed by atoms with E-state index in [0.29, 0.717) is 24.4 Å². The van der Waals surface area contributed by atoms with Crippen LogP contribution in [0.25, 0.3) is 11.2 Å². The van der Waals surface area contributed by atoms with Gasteiger partial charge in [-0.2, -0.15) is 0 Å². The zero-order valence-corrected chi connectivity index (χ0v) is 11.7. The maximum absolute atomic E-state index is 12.2. The minimum atomic E-state index is -0.472. The number of nitrogens with one attached hydrogen (secondary N) is 2. The molecular weight excluding hydrogens is 280 g/mol. The van der Waals surface area contributed by atoms with Crippen LogP contribution in [0.4, 0.5) is 0 Å². The Labute approximate surface area is 126 Å². The molecule has 1 atom stereocenters. The summed E-state index contributed by atoms with van der Waals surface area (Å²) in [6.07, 6.45) is 1.82. The number of amides is 1. The molecular formula is C16H14N4O2. The maximum Gasteiger partial charge on any atom is 0.261 e. The minimum Gasteiger partial charge on any atom is -0.480 e. The normalized spacial score (nSPS) is 16.3. The van der Waals surface area contributed by atoms with Gasteiger partial charge in [0.15, 0.2) is 11.8 Å². The Balaban J connectivity index is 1.41. The van der Waals surface area contributed by atoms with Crippen LogP contribution in [0, 0.1) is 0 Å².